The Kier molecular flexibility index (Phi) is 16.3. The van der Waals surface area contributed by atoms with Crippen LogP contribution in [0, 0.1) is 10.8 Å². The quantitative estimate of drug-likeness (QED) is 0.345. The molecule has 6 saturated heterocycles. The van der Waals surface area contributed by atoms with Crippen molar-refractivity contribution in [1.29, 1.82) is 0 Å². The van der Waals surface area contributed by atoms with Gasteiger partial charge in [-0.3, -0.25) is 24.2 Å². The smallest absolute Gasteiger partial charge is 0.409 e. The summed E-state index contributed by atoms with van der Waals surface area (Å²) in [4.78, 5) is 69.7. The van der Waals surface area contributed by atoms with Crippen LogP contribution < -0.4 is 16.0 Å². The lowest BCUT2D eigenvalue weighted by Crippen LogP contribution is -2.58. The molecule has 3 N–H and O–H groups in total. The van der Waals surface area contributed by atoms with Crippen molar-refractivity contribution in [1.82, 2.24) is 40.4 Å². The molecule has 2 spiro atoms. The number of nitrogens with zero attached hydrogens (tertiary/aromatic N) is 5. The van der Waals surface area contributed by atoms with Gasteiger partial charge in [-0.25, -0.2) is 9.59 Å². The molecule has 334 valence electrons. The molecule has 0 radical (unpaired) electrons. The monoisotopic (exact) mass is 829 g/mol. The van der Waals surface area contributed by atoms with Crippen molar-refractivity contribution in [2.24, 2.45) is 10.8 Å². The Morgan fingerprint density at radius 3 is 1.58 bits per heavy atom. The van der Waals surface area contributed by atoms with Crippen molar-refractivity contribution >= 4 is 29.8 Å². The van der Waals surface area contributed by atoms with Crippen LogP contribution in [0.5, 0.6) is 0 Å². The largest absolute Gasteiger partial charge is 0.450 e. The van der Waals surface area contributed by atoms with Crippen LogP contribution in [0.25, 0.3) is 0 Å². The summed E-state index contributed by atoms with van der Waals surface area (Å²) in [6, 6.07) is 2.04. The highest BCUT2D eigenvalue weighted by atomic mass is 16.6. The first-order valence-electron chi connectivity index (χ1n) is 23.3. The van der Waals surface area contributed by atoms with Crippen LogP contribution in [-0.2, 0) is 23.9 Å². The average molecular weight is 829 g/mol. The van der Waals surface area contributed by atoms with E-state index in [9.17, 15) is 24.0 Å². The number of piperidine rings is 4. The molecule has 8 aliphatic rings. The van der Waals surface area contributed by atoms with Gasteiger partial charge in [0.2, 0.25) is 11.8 Å². The van der Waals surface area contributed by atoms with Gasteiger partial charge in [0.1, 0.15) is 5.78 Å². The number of carbonyl (C=O) groups excluding carboxylic acids is 5. The normalized spacial score (nSPS) is 30.3. The maximum Gasteiger partial charge on any atom is 0.409 e. The number of hydrogen-bond acceptors (Lipinski definition) is 11. The number of likely N-dealkylation sites (N-methyl/N-ethyl adjacent to an activating group) is 2. The molecule has 2 aliphatic carbocycles. The number of nitrogens with one attached hydrogen (secondary N) is 3. The Morgan fingerprint density at radius 2 is 1.10 bits per heavy atom. The van der Waals surface area contributed by atoms with Gasteiger partial charge < -0.3 is 40.1 Å². The molecule has 8 fully saturated rings. The van der Waals surface area contributed by atoms with Gasteiger partial charge >= 0.3 is 12.2 Å². The molecule has 6 heterocycles. The Bertz CT molecular complexity index is 1420. The third-order valence-corrected chi connectivity index (χ3v) is 14.9. The number of ether oxygens (including phenoxy) is 2. The van der Waals surface area contributed by atoms with Crippen molar-refractivity contribution in [3.05, 3.63) is 0 Å². The second kappa shape index (κ2) is 21.2. The Morgan fingerprint density at radius 1 is 0.627 bits per heavy atom. The van der Waals surface area contributed by atoms with Crippen molar-refractivity contribution in [2.75, 3.05) is 92.8 Å². The zero-order valence-electron chi connectivity index (χ0n) is 36.8. The van der Waals surface area contributed by atoms with Crippen LogP contribution in [0.15, 0.2) is 0 Å². The number of Topliss-reactive ketones (excluding diaryl/α,β-unsaturated/α-hetero) is 1. The fourth-order valence-corrected chi connectivity index (χ4v) is 11.6. The highest BCUT2D eigenvalue weighted by molar-refractivity contribution is 5.86. The zero-order chi connectivity index (χ0) is 42.0. The molecule has 0 aromatic rings. The third-order valence-electron chi connectivity index (χ3n) is 14.9. The van der Waals surface area contributed by atoms with Crippen LogP contribution in [0.1, 0.15) is 117 Å². The van der Waals surface area contributed by atoms with E-state index >= 15 is 0 Å². The topological polar surface area (TPSA) is 156 Å². The maximum atomic E-state index is 12.3. The predicted molar refractivity (Wildman–Crippen MR) is 226 cm³/mol. The highest BCUT2D eigenvalue weighted by Crippen LogP contribution is 2.51. The van der Waals surface area contributed by atoms with Gasteiger partial charge in [0.25, 0.3) is 0 Å². The van der Waals surface area contributed by atoms with Gasteiger partial charge in [0.15, 0.2) is 0 Å². The number of hydrogen-bond donors (Lipinski definition) is 3. The first-order chi connectivity index (χ1) is 28.5. The lowest BCUT2D eigenvalue weighted by Gasteiger charge is -2.52. The van der Waals surface area contributed by atoms with Crippen LogP contribution in [0.2, 0.25) is 0 Å². The average Bonchev–Trinajstić information content (AvgIpc) is 3.91. The van der Waals surface area contributed by atoms with E-state index in [-0.39, 0.29) is 41.5 Å². The second-order valence-corrected chi connectivity index (χ2v) is 18.7. The fourth-order valence-electron chi connectivity index (χ4n) is 11.6. The highest BCUT2D eigenvalue weighted by Gasteiger charge is 2.52. The van der Waals surface area contributed by atoms with Gasteiger partial charge in [0, 0.05) is 76.7 Å². The van der Waals surface area contributed by atoms with E-state index in [1.165, 1.54) is 64.2 Å². The molecule has 6 aliphatic heterocycles. The zero-order valence-corrected chi connectivity index (χ0v) is 36.8. The molecule has 15 nitrogen and oxygen atoms in total. The predicted octanol–water partition coefficient (Wildman–Crippen LogP) is 3.60. The first-order valence-corrected chi connectivity index (χ1v) is 23.3. The van der Waals surface area contributed by atoms with Gasteiger partial charge in [-0.15, -0.1) is 0 Å². The summed E-state index contributed by atoms with van der Waals surface area (Å²) >= 11 is 0. The maximum absolute atomic E-state index is 12.3. The van der Waals surface area contributed by atoms with Crippen LogP contribution in [-0.4, -0.2) is 177 Å². The molecule has 2 saturated carbocycles. The van der Waals surface area contributed by atoms with Gasteiger partial charge in [0.05, 0.1) is 25.3 Å². The molecule has 8 rings (SSSR count). The Balaban J connectivity index is 0.000000164. The van der Waals surface area contributed by atoms with Crippen molar-refractivity contribution in [3.8, 4) is 0 Å². The number of ketones is 1. The third kappa shape index (κ3) is 11.3. The van der Waals surface area contributed by atoms with E-state index in [0.29, 0.717) is 61.9 Å². The molecular formula is C44H76N8O7. The molecule has 2 unspecified atom stereocenters. The van der Waals surface area contributed by atoms with Crippen LogP contribution in [0.3, 0.4) is 0 Å². The fraction of sp³-hybridized carbons (Fsp3) is 0.886. The summed E-state index contributed by atoms with van der Waals surface area (Å²) in [6.45, 7) is 14.4. The summed E-state index contributed by atoms with van der Waals surface area (Å²) in [5.74, 6) is 0.731. The summed E-state index contributed by atoms with van der Waals surface area (Å²) in [5.41, 5.74) is 0.454. The molecular weight excluding hydrogens is 753 g/mol. The van der Waals surface area contributed by atoms with E-state index in [0.717, 1.165) is 84.6 Å². The van der Waals surface area contributed by atoms with Crippen molar-refractivity contribution in [3.63, 3.8) is 0 Å². The second-order valence-electron chi connectivity index (χ2n) is 18.7. The van der Waals surface area contributed by atoms with E-state index < -0.39 is 0 Å². The summed E-state index contributed by atoms with van der Waals surface area (Å²) in [6.07, 6.45) is 17.0. The molecule has 0 aromatic heterocycles. The van der Waals surface area contributed by atoms with Crippen molar-refractivity contribution < 1.29 is 33.4 Å². The number of likely N-dealkylation sites (tertiary alicyclic amines) is 5. The molecule has 59 heavy (non-hydrogen) atoms. The molecule has 15 heteroatoms. The standard InChI is InChI=1S/C22H38N4O3.C12H23N3O.C10H15NO3/c1-3-29-21(28)25-13-9-22(16-25)14-18(15-22)24-11-7-17(8-12-24)26-10-5-4-6-19(26)20(27)23-2;1-13-12(16)11-4-2-3-9-15(11)10-5-7-14-8-6-10;1-2-14-9(13)11-4-3-10(7-11)5-8(12)6-10/h17-19H,3-16H2,1-2H3,(H,23,27);10-11,14H,2-9H2,1H3,(H,13,16);2-7H2,1H3. The summed E-state index contributed by atoms with van der Waals surface area (Å²) in [5, 5.41) is 9.06. The van der Waals surface area contributed by atoms with E-state index in [1.807, 2.05) is 11.8 Å². The van der Waals surface area contributed by atoms with E-state index in [4.69, 9.17) is 9.47 Å². The first kappa shape index (κ1) is 45.5. The number of rotatable bonds is 7. The lowest BCUT2D eigenvalue weighted by atomic mass is 9.64. The van der Waals surface area contributed by atoms with Gasteiger partial charge in [-0.1, -0.05) is 12.8 Å². The minimum Gasteiger partial charge on any atom is -0.450 e. The molecule has 2 atom stereocenters. The summed E-state index contributed by atoms with van der Waals surface area (Å²) < 4.78 is 10.1. The van der Waals surface area contributed by atoms with Crippen molar-refractivity contribution in [2.45, 2.75) is 147 Å². The van der Waals surface area contributed by atoms with E-state index in [2.05, 4.69) is 30.7 Å². The number of amides is 4. The molecule has 0 aromatic carbocycles. The lowest BCUT2D eigenvalue weighted by molar-refractivity contribution is -0.132. The van der Waals surface area contributed by atoms with Gasteiger partial charge in [-0.2, -0.15) is 0 Å². The Labute approximate surface area is 353 Å². The SMILES string of the molecule is CCOC(=O)N1CCC2(CC(=O)C2)C1.CCOC(=O)N1CCC2(CC(N3CCC(N4CCCCC4C(=O)NC)CC3)C2)C1.CNC(=O)C1CCCCN1C1CCNCC1. The summed E-state index contributed by atoms with van der Waals surface area (Å²) in [7, 11) is 3.51. The Hall–Kier alpha value is -3.01. The molecule has 4 amide bonds. The minimum atomic E-state index is -0.233. The minimum absolute atomic E-state index is 0.0737. The van der Waals surface area contributed by atoms with E-state index in [1.54, 1.807) is 25.9 Å². The van der Waals surface area contributed by atoms with Crippen LogP contribution in [0.4, 0.5) is 9.59 Å². The van der Waals surface area contributed by atoms with Crippen LogP contribution >= 0.6 is 0 Å². The number of carbonyl (C=O) groups is 5. The van der Waals surface area contributed by atoms with Gasteiger partial charge in [-0.05, 0) is 136 Å². The molecule has 0 bridgehead atoms.